The Kier molecular flexibility index (Phi) is 5.79. The van der Waals surface area contributed by atoms with Crippen molar-refractivity contribution >= 4 is 22.9 Å². The number of amides is 1. The van der Waals surface area contributed by atoms with E-state index in [1.54, 1.807) is 40.8 Å². The lowest BCUT2D eigenvalue weighted by Gasteiger charge is -2.34. The van der Waals surface area contributed by atoms with E-state index in [1.807, 2.05) is 36.1 Å². The second-order valence-electron chi connectivity index (χ2n) is 8.41. The molecule has 0 spiro atoms. The Labute approximate surface area is 196 Å². The molecule has 1 amide bonds. The van der Waals surface area contributed by atoms with E-state index < -0.39 is 0 Å². The van der Waals surface area contributed by atoms with Crippen LogP contribution in [0.15, 0.2) is 53.7 Å². The molecule has 1 aliphatic rings. The van der Waals surface area contributed by atoms with Gasteiger partial charge in [0.05, 0.1) is 11.9 Å². The zero-order valence-electron chi connectivity index (χ0n) is 19.3. The molecule has 0 N–H and O–H groups in total. The molecular formula is C24H26N8O2. The molecule has 174 valence electrons. The summed E-state index contributed by atoms with van der Waals surface area (Å²) < 4.78 is 3.24. The first kappa shape index (κ1) is 21.7. The van der Waals surface area contributed by atoms with Crippen molar-refractivity contribution in [2.75, 3.05) is 31.1 Å². The lowest BCUT2D eigenvalue weighted by molar-refractivity contribution is -0.131. The summed E-state index contributed by atoms with van der Waals surface area (Å²) in [6, 6.07) is 9.68. The molecule has 10 nitrogen and oxygen atoms in total. The molecule has 4 aromatic rings. The van der Waals surface area contributed by atoms with Gasteiger partial charge in [-0.05, 0) is 32.0 Å². The van der Waals surface area contributed by atoms with Gasteiger partial charge in [-0.15, -0.1) is 0 Å². The molecule has 1 fully saturated rings. The van der Waals surface area contributed by atoms with E-state index in [0.29, 0.717) is 49.0 Å². The first-order valence-electron chi connectivity index (χ1n) is 11.3. The van der Waals surface area contributed by atoms with E-state index in [-0.39, 0.29) is 24.4 Å². The highest BCUT2D eigenvalue weighted by Gasteiger charge is 2.23. The summed E-state index contributed by atoms with van der Waals surface area (Å²) in [4.78, 5) is 43.1. The van der Waals surface area contributed by atoms with Gasteiger partial charge in [0, 0.05) is 51.5 Å². The van der Waals surface area contributed by atoms with Crippen molar-refractivity contribution in [2.45, 2.75) is 26.8 Å². The van der Waals surface area contributed by atoms with Gasteiger partial charge < -0.3 is 9.80 Å². The molecule has 0 bridgehead atoms. The molecular weight excluding hydrogens is 432 g/mol. The van der Waals surface area contributed by atoms with Crippen LogP contribution < -0.4 is 10.5 Å². The molecule has 4 heterocycles. The number of anilines is 1. The van der Waals surface area contributed by atoms with Crippen molar-refractivity contribution in [1.82, 2.24) is 34.2 Å². The van der Waals surface area contributed by atoms with Gasteiger partial charge in [-0.2, -0.15) is 5.10 Å². The summed E-state index contributed by atoms with van der Waals surface area (Å²) in [7, 11) is 0. The molecule has 3 aromatic heterocycles. The highest BCUT2D eigenvalue weighted by atomic mass is 16.2. The Balaban J connectivity index is 1.27. The molecule has 0 atom stereocenters. The first-order valence-corrected chi connectivity index (χ1v) is 11.3. The summed E-state index contributed by atoms with van der Waals surface area (Å²) in [5, 5.41) is 4.83. The Morgan fingerprint density at radius 3 is 2.41 bits per heavy atom. The maximum atomic E-state index is 13.2. The smallest absolute Gasteiger partial charge is 0.264 e. The van der Waals surface area contributed by atoms with Crippen molar-refractivity contribution in [1.29, 1.82) is 0 Å². The predicted octanol–water partition coefficient (Wildman–Crippen LogP) is 1.73. The third-order valence-corrected chi connectivity index (χ3v) is 6.17. The van der Waals surface area contributed by atoms with Crippen LogP contribution in [-0.4, -0.2) is 66.3 Å². The standard InChI is InChI=1S/C24H26N8O2/c1-17-4-6-19(7-5-17)32-22-20(16-27-32)23(34)31(18(2)28-22)11-8-21(33)29-12-14-30(15-13-29)24-25-9-3-10-26-24/h3-7,9-10,16H,8,11-15H2,1-2H3. The molecule has 0 unspecified atom stereocenters. The van der Waals surface area contributed by atoms with Gasteiger partial charge in [0.15, 0.2) is 5.65 Å². The minimum atomic E-state index is -0.181. The molecule has 5 rings (SSSR count). The fourth-order valence-electron chi connectivity index (χ4n) is 4.22. The van der Waals surface area contributed by atoms with E-state index in [2.05, 4.69) is 25.0 Å². The number of hydrogen-bond acceptors (Lipinski definition) is 7. The fourth-order valence-corrected chi connectivity index (χ4v) is 4.22. The van der Waals surface area contributed by atoms with Crippen molar-refractivity contribution in [3.63, 3.8) is 0 Å². The average Bonchev–Trinajstić information content (AvgIpc) is 3.29. The number of piperazine rings is 1. The van der Waals surface area contributed by atoms with Crippen molar-refractivity contribution in [3.8, 4) is 5.69 Å². The maximum Gasteiger partial charge on any atom is 0.264 e. The minimum Gasteiger partial charge on any atom is -0.339 e. The summed E-state index contributed by atoms with van der Waals surface area (Å²) in [6.07, 6.45) is 5.22. The van der Waals surface area contributed by atoms with Crippen LogP contribution in [0.5, 0.6) is 0 Å². The van der Waals surface area contributed by atoms with E-state index in [1.165, 1.54) is 0 Å². The lowest BCUT2D eigenvalue weighted by atomic mass is 10.2. The third-order valence-electron chi connectivity index (χ3n) is 6.17. The highest BCUT2D eigenvalue weighted by molar-refractivity contribution is 5.77. The topological polar surface area (TPSA) is 102 Å². The van der Waals surface area contributed by atoms with Crippen LogP contribution in [0.1, 0.15) is 17.8 Å². The second-order valence-corrected chi connectivity index (χ2v) is 8.41. The number of nitrogens with zero attached hydrogens (tertiary/aromatic N) is 8. The summed E-state index contributed by atoms with van der Waals surface area (Å²) in [5.41, 5.74) is 2.33. The van der Waals surface area contributed by atoms with E-state index >= 15 is 0 Å². The zero-order chi connectivity index (χ0) is 23.7. The largest absolute Gasteiger partial charge is 0.339 e. The molecule has 1 aromatic carbocycles. The normalized spacial score (nSPS) is 14.1. The Hall–Kier alpha value is -4.08. The van der Waals surface area contributed by atoms with Crippen LogP contribution in [0, 0.1) is 13.8 Å². The van der Waals surface area contributed by atoms with Crippen LogP contribution in [0.3, 0.4) is 0 Å². The van der Waals surface area contributed by atoms with Gasteiger partial charge >= 0.3 is 0 Å². The number of aromatic nitrogens is 6. The molecule has 1 saturated heterocycles. The second kappa shape index (κ2) is 9.05. The molecule has 1 aliphatic heterocycles. The van der Waals surface area contributed by atoms with E-state index in [9.17, 15) is 9.59 Å². The maximum absolute atomic E-state index is 13.2. The molecule has 0 aliphatic carbocycles. The SMILES string of the molecule is Cc1ccc(-n2ncc3c(=O)n(CCC(=O)N4CCN(c5ncccn5)CC4)c(C)nc32)cc1. The molecule has 0 radical (unpaired) electrons. The average molecular weight is 459 g/mol. The van der Waals surface area contributed by atoms with Gasteiger partial charge in [-0.1, -0.05) is 17.7 Å². The molecule has 34 heavy (non-hydrogen) atoms. The number of benzene rings is 1. The fraction of sp³-hybridized carbons (Fsp3) is 0.333. The number of hydrogen-bond donors (Lipinski definition) is 0. The summed E-state index contributed by atoms with van der Waals surface area (Å²) >= 11 is 0. The van der Waals surface area contributed by atoms with Gasteiger partial charge in [-0.3, -0.25) is 14.2 Å². The number of carbonyl (C=O) groups excluding carboxylic acids is 1. The Morgan fingerprint density at radius 2 is 1.71 bits per heavy atom. The zero-order valence-corrected chi connectivity index (χ0v) is 19.3. The van der Waals surface area contributed by atoms with Gasteiger partial charge in [-0.25, -0.2) is 19.6 Å². The van der Waals surface area contributed by atoms with Gasteiger partial charge in [0.1, 0.15) is 11.2 Å². The molecule has 10 heteroatoms. The van der Waals surface area contributed by atoms with E-state index in [4.69, 9.17) is 0 Å². The van der Waals surface area contributed by atoms with Gasteiger partial charge in [0.25, 0.3) is 5.56 Å². The molecule has 0 saturated carbocycles. The number of aryl methyl sites for hydroxylation is 2. The monoisotopic (exact) mass is 458 g/mol. The first-order chi connectivity index (χ1) is 16.5. The Morgan fingerprint density at radius 1 is 1.00 bits per heavy atom. The van der Waals surface area contributed by atoms with Crippen LogP contribution >= 0.6 is 0 Å². The predicted molar refractivity (Wildman–Crippen MR) is 128 cm³/mol. The summed E-state index contributed by atoms with van der Waals surface area (Å²) in [6.45, 7) is 6.66. The van der Waals surface area contributed by atoms with Gasteiger partial charge in [0.2, 0.25) is 11.9 Å². The third kappa shape index (κ3) is 4.14. The van der Waals surface area contributed by atoms with Crippen LogP contribution in [-0.2, 0) is 11.3 Å². The Bertz CT molecular complexity index is 1370. The number of carbonyl (C=O) groups is 1. The number of rotatable bonds is 5. The van der Waals surface area contributed by atoms with E-state index in [0.717, 1.165) is 11.3 Å². The highest BCUT2D eigenvalue weighted by Crippen LogP contribution is 2.16. The minimum absolute atomic E-state index is 0.0235. The van der Waals surface area contributed by atoms with Crippen molar-refractivity contribution in [2.24, 2.45) is 0 Å². The quantitative estimate of drug-likeness (QED) is 0.449. The lowest BCUT2D eigenvalue weighted by Crippen LogP contribution is -2.49. The number of fused-ring (bicyclic) bond motifs is 1. The van der Waals surface area contributed by atoms with Crippen molar-refractivity contribution in [3.05, 3.63) is 70.7 Å². The van der Waals surface area contributed by atoms with Crippen LogP contribution in [0.25, 0.3) is 16.7 Å². The van der Waals surface area contributed by atoms with Crippen LogP contribution in [0.2, 0.25) is 0 Å². The summed E-state index contributed by atoms with van der Waals surface area (Å²) in [5.74, 6) is 1.27. The van der Waals surface area contributed by atoms with Crippen LogP contribution in [0.4, 0.5) is 5.95 Å². The van der Waals surface area contributed by atoms with Crippen molar-refractivity contribution < 1.29 is 4.79 Å².